The summed E-state index contributed by atoms with van der Waals surface area (Å²) in [6.45, 7) is 2.34. The van der Waals surface area contributed by atoms with Crippen LogP contribution in [-0.4, -0.2) is 21.6 Å². The summed E-state index contributed by atoms with van der Waals surface area (Å²) in [6, 6.07) is 7.61. The van der Waals surface area contributed by atoms with E-state index in [0.717, 1.165) is 21.3 Å². The predicted molar refractivity (Wildman–Crippen MR) is 88.3 cm³/mol. The molecule has 6 heteroatoms. The van der Waals surface area contributed by atoms with Gasteiger partial charge in [0.05, 0.1) is 19.0 Å². The number of nitrogens with zero attached hydrogens (tertiary/aromatic N) is 3. The third-order valence-corrected chi connectivity index (χ3v) is 4.36. The Kier molecular flexibility index (Phi) is 3.94. The van der Waals surface area contributed by atoms with Crippen LogP contribution in [0.5, 0.6) is 5.75 Å². The van der Waals surface area contributed by atoms with Crippen LogP contribution in [0.25, 0.3) is 11.0 Å². The topological polar surface area (TPSA) is 57.0 Å². The first-order chi connectivity index (χ1) is 10.6. The lowest BCUT2D eigenvalue weighted by molar-refractivity contribution is 0.414. The van der Waals surface area contributed by atoms with Gasteiger partial charge in [-0.3, -0.25) is 9.36 Å². The van der Waals surface area contributed by atoms with Crippen molar-refractivity contribution in [1.29, 1.82) is 0 Å². The van der Waals surface area contributed by atoms with Gasteiger partial charge in [0, 0.05) is 10.7 Å². The summed E-state index contributed by atoms with van der Waals surface area (Å²) in [6.07, 6.45) is 3.20. The quantitative estimate of drug-likeness (QED) is 0.721. The molecule has 22 heavy (non-hydrogen) atoms. The fourth-order valence-corrected chi connectivity index (χ4v) is 2.58. The molecule has 112 valence electrons. The van der Waals surface area contributed by atoms with Gasteiger partial charge in [-0.1, -0.05) is 12.1 Å². The Morgan fingerprint density at radius 3 is 2.64 bits per heavy atom. The monoisotopic (exact) mass is 359 g/mol. The highest BCUT2D eigenvalue weighted by molar-refractivity contribution is 9.10. The zero-order valence-corrected chi connectivity index (χ0v) is 13.8. The minimum absolute atomic E-state index is 0.0906. The number of fused-ring (bicyclic) bond motifs is 1. The number of methoxy groups -OCH3 is 1. The van der Waals surface area contributed by atoms with Gasteiger partial charge in [0.25, 0.3) is 5.56 Å². The molecule has 0 aliphatic carbocycles. The summed E-state index contributed by atoms with van der Waals surface area (Å²) >= 11 is 3.41. The van der Waals surface area contributed by atoms with Gasteiger partial charge in [0.2, 0.25) is 0 Å². The molecule has 0 spiro atoms. The van der Waals surface area contributed by atoms with E-state index in [-0.39, 0.29) is 5.56 Å². The molecule has 0 amide bonds. The van der Waals surface area contributed by atoms with Crippen molar-refractivity contribution in [3.63, 3.8) is 0 Å². The highest BCUT2D eigenvalue weighted by Gasteiger charge is 2.10. The zero-order valence-electron chi connectivity index (χ0n) is 12.2. The average Bonchev–Trinajstić information content (AvgIpc) is 2.54. The van der Waals surface area contributed by atoms with E-state index in [9.17, 15) is 4.79 Å². The maximum atomic E-state index is 12.7. The molecule has 0 saturated carbocycles. The first kappa shape index (κ1) is 14.7. The van der Waals surface area contributed by atoms with Gasteiger partial charge in [-0.25, -0.2) is 9.97 Å². The molecule has 2 heterocycles. The number of hydrogen-bond acceptors (Lipinski definition) is 4. The number of benzene rings is 1. The van der Waals surface area contributed by atoms with Crippen LogP contribution in [0.15, 0.2) is 46.1 Å². The maximum absolute atomic E-state index is 12.7. The second-order valence-corrected chi connectivity index (χ2v) is 5.81. The van der Waals surface area contributed by atoms with Gasteiger partial charge in [-0.15, -0.1) is 0 Å². The van der Waals surface area contributed by atoms with Crippen LogP contribution in [0.4, 0.5) is 0 Å². The Hall–Kier alpha value is -2.21. The molecule has 0 aliphatic rings. The van der Waals surface area contributed by atoms with E-state index >= 15 is 0 Å². The Morgan fingerprint density at radius 1 is 1.23 bits per heavy atom. The summed E-state index contributed by atoms with van der Waals surface area (Å²) in [5.41, 5.74) is 2.24. The van der Waals surface area contributed by atoms with Crippen molar-refractivity contribution in [2.45, 2.75) is 13.5 Å². The SMILES string of the molecule is COc1ccc(Cn2cnc3ncc(Br)c(C)c3c2=O)cc1. The van der Waals surface area contributed by atoms with E-state index in [0.29, 0.717) is 17.6 Å². The standard InChI is InChI=1S/C16H14BrN3O2/c1-10-13(17)7-18-15-14(10)16(21)20(9-19-15)8-11-3-5-12(22-2)6-4-11/h3-7,9H,8H2,1-2H3. The second-order valence-electron chi connectivity index (χ2n) is 4.96. The average molecular weight is 360 g/mol. The molecule has 0 fully saturated rings. The van der Waals surface area contributed by atoms with Gasteiger partial charge < -0.3 is 4.74 Å². The lowest BCUT2D eigenvalue weighted by Crippen LogP contribution is -2.22. The minimum atomic E-state index is -0.0906. The van der Waals surface area contributed by atoms with Gasteiger partial charge in [-0.05, 0) is 46.1 Å². The maximum Gasteiger partial charge on any atom is 0.263 e. The van der Waals surface area contributed by atoms with Gasteiger partial charge in [0.15, 0.2) is 5.65 Å². The van der Waals surface area contributed by atoms with E-state index in [1.807, 2.05) is 31.2 Å². The van der Waals surface area contributed by atoms with E-state index in [1.54, 1.807) is 17.9 Å². The number of pyridine rings is 1. The van der Waals surface area contributed by atoms with Crippen molar-refractivity contribution in [2.24, 2.45) is 0 Å². The molecular weight excluding hydrogens is 346 g/mol. The summed E-state index contributed by atoms with van der Waals surface area (Å²) < 4.78 is 7.53. The fraction of sp³-hybridized carbons (Fsp3) is 0.188. The molecule has 3 aromatic rings. The van der Waals surface area contributed by atoms with E-state index in [1.165, 1.54) is 6.33 Å². The van der Waals surface area contributed by atoms with Gasteiger partial charge in [-0.2, -0.15) is 0 Å². The third kappa shape index (κ3) is 2.62. The van der Waals surface area contributed by atoms with Crippen molar-refractivity contribution in [1.82, 2.24) is 14.5 Å². The fourth-order valence-electron chi connectivity index (χ4n) is 2.28. The molecule has 3 rings (SSSR count). The Labute approximate surface area is 135 Å². The summed E-state index contributed by atoms with van der Waals surface area (Å²) in [5, 5.41) is 0.547. The van der Waals surface area contributed by atoms with Crippen molar-refractivity contribution in [3.05, 3.63) is 62.7 Å². The van der Waals surface area contributed by atoms with Gasteiger partial charge in [0.1, 0.15) is 12.1 Å². The largest absolute Gasteiger partial charge is 0.497 e. The lowest BCUT2D eigenvalue weighted by Gasteiger charge is -2.09. The van der Waals surface area contributed by atoms with Crippen LogP contribution in [0.2, 0.25) is 0 Å². The van der Waals surface area contributed by atoms with Crippen LogP contribution < -0.4 is 10.3 Å². The van der Waals surface area contributed by atoms with Crippen LogP contribution >= 0.6 is 15.9 Å². The summed E-state index contributed by atoms with van der Waals surface area (Å²) in [5.74, 6) is 0.789. The van der Waals surface area contributed by atoms with Crippen molar-refractivity contribution < 1.29 is 4.74 Å². The third-order valence-electron chi connectivity index (χ3n) is 3.56. The zero-order chi connectivity index (χ0) is 15.7. The Morgan fingerprint density at radius 2 is 1.95 bits per heavy atom. The van der Waals surface area contributed by atoms with E-state index in [2.05, 4.69) is 25.9 Å². The molecule has 0 radical (unpaired) electrons. The first-order valence-electron chi connectivity index (χ1n) is 6.73. The molecule has 0 aliphatic heterocycles. The molecule has 1 aromatic carbocycles. The summed E-state index contributed by atoms with van der Waals surface area (Å²) in [7, 11) is 1.63. The molecule has 0 unspecified atom stereocenters. The highest BCUT2D eigenvalue weighted by Crippen LogP contribution is 2.20. The highest BCUT2D eigenvalue weighted by atomic mass is 79.9. The van der Waals surface area contributed by atoms with E-state index in [4.69, 9.17) is 4.74 Å². The van der Waals surface area contributed by atoms with Crippen molar-refractivity contribution >= 4 is 27.0 Å². The van der Waals surface area contributed by atoms with Crippen molar-refractivity contribution in [2.75, 3.05) is 7.11 Å². The van der Waals surface area contributed by atoms with E-state index < -0.39 is 0 Å². The number of rotatable bonds is 3. The number of hydrogen-bond donors (Lipinski definition) is 0. The number of aromatic nitrogens is 3. The first-order valence-corrected chi connectivity index (χ1v) is 7.52. The Balaban J connectivity index is 2.05. The molecule has 5 nitrogen and oxygen atoms in total. The Bertz CT molecular complexity index is 888. The molecule has 0 atom stereocenters. The van der Waals surface area contributed by atoms with Crippen LogP contribution in [0, 0.1) is 6.92 Å². The number of ether oxygens (including phenoxy) is 1. The number of halogens is 1. The molecule has 0 bridgehead atoms. The molecule has 0 N–H and O–H groups in total. The lowest BCUT2D eigenvalue weighted by atomic mass is 10.2. The second kappa shape index (κ2) is 5.88. The smallest absolute Gasteiger partial charge is 0.263 e. The van der Waals surface area contributed by atoms with Crippen molar-refractivity contribution in [3.8, 4) is 5.75 Å². The summed E-state index contributed by atoms with van der Waals surface area (Å²) in [4.78, 5) is 21.1. The normalized spacial score (nSPS) is 10.9. The van der Waals surface area contributed by atoms with Crippen LogP contribution in [0.3, 0.4) is 0 Å². The molecular formula is C16H14BrN3O2. The molecule has 2 aromatic heterocycles. The number of aryl methyl sites for hydroxylation is 1. The molecule has 0 saturated heterocycles. The van der Waals surface area contributed by atoms with Gasteiger partial charge >= 0.3 is 0 Å². The van der Waals surface area contributed by atoms with Crippen LogP contribution in [-0.2, 0) is 6.54 Å². The predicted octanol–water partition coefficient (Wildman–Crippen LogP) is 2.92. The minimum Gasteiger partial charge on any atom is -0.497 e. The van der Waals surface area contributed by atoms with Crippen LogP contribution in [0.1, 0.15) is 11.1 Å².